The van der Waals surface area contributed by atoms with E-state index in [1.54, 1.807) is 18.3 Å². The van der Waals surface area contributed by atoms with Crippen molar-refractivity contribution in [2.24, 2.45) is 5.10 Å². The molecule has 0 spiro atoms. The molecule has 0 fully saturated rings. The third-order valence-electron chi connectivity index (χ3n) is 3.65. The Bertz CT molecular complexity index is 891. The lowest BCUT2D eigenvalue weighted by Gasteiger charge is -2.06. The number of hydrogen-bond donors (Lipinski definition) is 2. The Morgan fingerprint density at radius 1 is 1.00 bits per heavy atom. The van der Waals surface area contributed by atoms with Gasteiger partial charge in [-0.3, -0.25) is 5.43 Å². The zero-order chi connectivity index (χ0) is 18.2. The highest BCUT2D eigenvalue weighted by Crippen LogP contribution is 2.14. The number of anilines is 1. The van der Waals surface area contributed by atoms with Gasteiger partial charge in [-0.25, -0.2) is 4.79 Å². The van der Waals surface area contributed by atoms with Crippen molar-refractivity contribution in [2.75, 3.05) is 5.43 Å². The van der Waals surface area contributed by atoms with Crippen molar-refractivity contribution in [2.45, 2.75) is 6.61 Å². The number of hydrogen-bond acceptors (Lipinski definition) is 4. The molecular weight excluding hydrogens is 328 g/mol. The predicted molar refractivity (Wildman–Crippen MR) is 102 cm³/mol. The fraction of sp³-hybridized carbons (Fsp3) is 0.0476. The van der Waals surface area contributed by atoms with Gasteiger partial charge in [-0.15, -0.1) is 0 Å². The number of benzene rings is 3. The molecule has 0 aliphatic carbocycles. The average molecular weight is 346 g/mol. The van der Waals surface area contributed by atoms with Gasteiger partial charge in [0.2, 0.25) is 0 Å². The summed E-state index contributed by atoms with van der Waals surface area (Å²) in [5.41, 5.74) is 5.67. The smallest absolute Gasteiger partial charge is 0.335 e. The van der Waals surface area contributed by atoms with Gasteiger partial charge < -0.3 is 9.84 Å². The van der Waals surface area contributed by atoms with Crippen LogP contribution in [0.5, 0.6) is 5.75 Å². The van der Waals surface area contributed by atoms with Crippen molar-refractivity contribution in [3.63, 3.8) is 0 Å². The number of rotatable bonds is 7. The number of aromatic carboxylic acids is 1. The summed E-state index contributed by atoms with van der Waals surface area (Å²) in [5, 5.41) is 13.1. The molecule has 0 aliphatic rings. The van der Waals surface area contributed by atoms with Crippen molar-refractivity contribution in [1.29, 1.82) is 0 Å². The van der Waals surface area contributed by atoms with Gasteiger partial charge in [0, 0.05) is 0 Å². The Kier molecular flexibility index (Phi) is 5.62. The van der Waals surface area contributed by atoms with E-state index < -0.39 is 5.97 Å². The zero-order valence-corrected chi connectivity index (χ0v) is 14.0. The molecule has 0 aliphatic heterocycles. The highest BCUT2D eigenvalue weighted by atomic mass is 16.5. The summed E-state index contributed by atoms with van der Waals surface area (Å²) in [7, 11) is 0. The SMILES string of the molecule is O=C(O)c1cccc(N/N=C\c2ccc(OCc3ccccc3)cc2)c1. The molecule has 5 heteroatoms. The molecule has 0 bridgehead atoms. The lowest BCUT2D eigenvalue weighted by Crippen LogP contribution is -1.98. The second kappa shape index (κ2) is 8.48. The Morgan fingerprint density at radius 3 is 2.50 bits per heavy atom. The summed E-state index contributed by atoms with van der Waals surface area (Å²) < 4.78 is 5.74. The number of carbonyl (C=O) groups is 1. The van der Waals surface area contributed by atoms with Crippen LogP contribution in [0.15, 0.2) is 84.0 Å². The first-order valence-electron chi connectivity index (χ1n) is 8.10. The number of hydrazone groups is 1. The Labute approximate surface area is 151 Å². The fourth-order valence-electron chi connectivity index (χ4n) is 2.29. The van der Waals surface area contributed by atoms with Gasteiger partial charge in [-0.2, -0.15) is 5.10 Å². The highest BCUT2D eigenvalue weighted by molar-refractivity contribution is 5.88. The minimum atomic E-state index is -0.969. The van der Waals surface area contributed by atoms with Crippen LogP contribution in [0.1, 0.15) is 21.5 Å². The zero-order valence-electron chi connectivity index (χ0n) is 14.0. The molecule has 0 saturated heterocycles. The van der Waals surface area contributed by atoms with E-state index in [2.05, 4.69) is 10.5 Å². The molecular formula is C21H18N2O3. The topological polar surface area (TPSA) is 70.9 Å². The lowest BCUT2D eigenvalue weighted by atomic mass is 10.2. The molecule has 2 N–H and O–H groups in total. The second-order valence-corrected chi connectivity index (χ2v) is 5.60. The normalized spacial score (nSPS) is 10.6. The summed E-state index contributed by atoms with van der Waals surface area (Å²) in [4.78, 5) is 10.9. The quantitative estimate of drug-likeness (QED) is 0.491. The monoisotopic (exact) mass is 346 g/mol. The van der Waals surface area contributed by atoms with E-state index in [4.69, 9.17) is 9.84 Å². The fourth-order valence-corrected chi connectivity index (χ4v) is 2.29. The maximum absolute atomic E-state index is 10.9. The van der Waals surface area contributed by atoms with Gasteiger partial charge in [0.05, 0.1) is 17.5 Å². The summed E-state index contributed by atoms with van der Waals surface area (Å²) in [5.74, 6) is -0.183. The van der Waals surface area contributed by atoms with Crippen molar-refractivity contribution >= 4 is 17.9 Å². The van der Waals surface area contributed by atoms with Gasteiger partial charge in [0.15, 0.2) is 0 Å². The summed E-state index contributed by atoms with van der Waals surface area (Å²) in [6.07, 6.45) is 1.66. The summed E-state index contributed by atoms with van der Waals surface area (Å²) >= 11 is 0. The van der Waals surface area contributed by atoms with E-state index in [0.717, 1.165) is 16.9 Å². The largest absolute Gasteiger partial charge is 0.489 e. The molecule has 0 radical (unpaired) electrons. The van der Waals surface area contributed by atoms with Crippen LogP contribution >= 0.6 is 0 Å². The lowest BCUT2D eigenvalue weighted by molar-refractivity contribution is 0.0697. The molecule has 3 rings (SSSR count). The Hall–Kier alpha value is -3.60. The first kappa shape index (κ1) is 17.2. The Morgan fingerprint density at radius 2 is 1.77 bits per heavy atom. The van der Waals surface area contributed by atoms with Gasteiger partial charge in [-0.1, -0.05) is 36.4 Å². The molecule has 3 aromatic carbocycles. The number of ether oxygens (including phenoxy) is 1. The van der Waals surface area contributed by atoms with Crippen LogP contribution < -0.4 is 10.2 Å². The van der Waals surface area contributed by atoms with Gasteiger partial charge in [0.25, 0.3) is 0 Å². The molecule has 26 heavy (non-hydrogen) atoms. The standard InChI is InChI=1S/C21H18N2O3/c24-21(25)18-7-4-8-19(13-18)23-22-14-16-9-11-20(12-10-16)26-15-17-5-2-1-3-6-17/h1-14,23H,15H2,(H,24,25)/b22-14-. The van der Waals surface area contributed by atoms with Crippen LogP contribution in [0, 0.1) is 0 Å². The average Bonchev–Trinajstić information content (AvgIpc) is 2.68. The minimum Gasteiger partial charge on any atom is -0.489 e. The van der Waals surface area contributed by atoms with Crippen molar-refractivity contribution in [1.82, 2.24) is 0 Å². The van der Waals surface area contributed by atoms with E-state index in [1.807, 2.05) is 54.6 Å². The van der Waals surface area contributed by atoms with Crippen LogP contribution in [0.3, 0.4) is 0 Å². The van der Waals surface area contributed by atoms with E-state index >= 15 is 0 Å². The first-order valence-corrected chi connectivity index (χ1v) is 8.10. The summed E-state index contributed by atoms with van der Waals surface area (Å²) in [6, 6.07) is 24.0. The molecule has 0 saturated carbocycles. The second-order valence-electron chi connectivity index (χ2n) is 5.60. The molecule has 0 atom stereocenters. The maximum Gasteiger partial charge on any atom is 0.335 e. The van der Waals surface area contributed by atoms with Crippen LogP contribution in [0.25, 0.3) is 0 Å². The van der Waals surface area contributed by atoms with Gasteiger partial charge in [-0.05, 0) is 53.6 Å². The van der Waals surface area contributed by atoms with Crippen molar-refractivity contribution in [3.05, 3.63) is 95.6 Å². The van der Waals surface area contributed by atoms with Gasteiger partial charge >= 0.3 is 5.97 Å². The predicted octanol–water partition coefficient (Wildman–Crippen LogP) is 4.41. The molecule has 0 unspecified atom stereocenters. The van der Waals surface area contributed by atoms with Crippen molar-refractivity contribution in [3.8, 4) is 5.75 Å². The van der Waals surface area contributed by atoms with Crippen LogP contribution in [-0.2, 0) is 6.61 Å². The van der Waals surface area contributed by atoms with E-state index in [-0.39, 0.29) is 5.56 Å². The molecule has 0 aromatic heterocycles. The molecule has 5 nitrogen and oxygen atoms in total. The minimum absolute atomic E-state index is 0.213. The number of carboxylic acid groups (broad SMARTS) is 1. The summed E-state index contributed by atoms with van der Waals surface area (Å²) in [6.45, 7) is 0.524. The van der Waals surface area contributed by atoms with Gasteiger partial charge in [0.1, 0.15) is 12.4 Å². The maximum atomic E-state index is 10.9. The molecule has 3 aromatic rings. The third kappa shape index (κ3) is 4.95. The van der Waals surface area contributed by atoms with Crippen LogP contribution in [-0.4, -0.2) is 17.3 Å². The third-order valence-corrected chi connectivity index (χ3v) is 3.65. The molecule has 0 heterocycles. The number of nitrogens with zero attached hydrogens (tertiary/aromatic N) is 1. The number of nitrogens with one attached hydrogen (secondary N) is 1. The number of carboxylic acids is 1. The molecule has 130 valence electrons. The van der Waals surface area contributed by atoms with E-state index in [0.29, 0.717) is 12.3 Å². The van der Waals surface area contributed by atoms with Crippen molar-refractivity contribution < 1.29 is 14.6 Å². The molecule has 0 amide bonds. The van der Waals surface area contributed by atoms with E-state index in [1.165, 1.54) is 12.1 Å². The Balaban J connectivity index is 1.54. The highest BCUT2D eigenvalue weighted by Gasteiger charge is 2.02. The van der Waals surface area contributed by atoms with Crippen LogP contribution in [0.4, 0.5) is 5.69 Å². The first-order chi connectivity index (χ1) is 12.7. The van der Waals surface area contributed by atoms with E-state index in [9.17, 15) is 4.79 Å². The van der Waals surface area contributed by atoms with Crippen LogP contribution in [0.2, 0.25) is 0 Å².